The fourth-order valence-corrected chi connectivity index (χ4v) is 3.21. The number of aliphatic hydroxyl groups excluding tert-OH is 1. The first-order valence-electron chi connectivity index (χ1n) is 8.25. The van der Waals surface area contributed by atoms with Crippen LogP contribution < -0.4 is 10.2 Å². The summed E-state index contributed by atoms with van der Waals surface area (Å²) in [7, 11) is 0. The van der Waals surface area contributed by atoms with E-state index in [1.807, 2.05) is 0 Å². The van der Waals surface area contributed by atoms with Gasteiger partial charge in [0.25, 0.3) is 5.91 Å². The van der Waals surface area contributed by atoms with Gasteiger partial charge in [0.05, 0.1) is 17.4 Å². The molecule has 1 aliphatic heterocycles. The summed E-state index contributed by atoms with van der Waals surface area (Å²) in [6.45, 7) is 0.837. The molecular weight excluding hydrogens is 427 g/mol. The molecule has 1 saturated heterocycles. The van der Waals surface area contributed by atoms with Gasteiger partial charge in [-0.1, -0.05) is 28.1 Å². The Balaban J connectivity index is 1.61. The molecule has 2 heterocycles. The number of alkyl halides is 3. The lowest BCUT2D eigenvalue weighted by molar-refractivity contribution is -0.137. The Labute approximate surface area is 162 Å². The van der Waals surface area contributed by atoms with Crippen LogP contribution in [0.2, 0.25) is 0 Å². The van der Waals surface area contributed by atoms with E-state index in [9.17, 15) is 23.1 Å². The van der Waals surface area contributed by atoms with Crippen LogP contribution in [-0.2, 0) is 11.0 Å². The number of hydrogen-bond acceptors (Lipinski definition) is 4. The third-order valence-corrected chi connectivity index (χ3v) is 4.91. The number of carbonyl (C=O) groups is 1. The van der Waals surface area contributed by atoms with Crippen molar-refractivity contribution in [1.82, 2.24) is 10.3 Å². The normalized spacial score (nSPS) is 18.4. The monoisotopic (exact) mass is 443 g/mol. The zero-order valence-corrected chi connectivity index (χ0v) is 15.7. The Morgan fingerprint density at radius 3 is 2.67 bits per heavy atom. The van der Waals surface area contributed by atoms with Crippen LogP contribution in [0.15, 0.2) is 47.2 Å². The van der Waals surface area contributed by atoms with Gasteiger partial charge in [-0.05, 0) is 30.2 Å². The van der Waals surface area contributed by atoms with Crippen LogP contribution >= 0.6 is 15.9 Å². The van der Waals surface area contributed by atoms with E-state index >= 15 is 0 Å². The average Bonchev–Trinajstić information content (AvgIpc) is 3.09. The number of aromatic nitrogens is 1. The Kier molecular flexibility index (Phi) is 5.71. The zero-order chi connectivity index (χ0) is 19.6. The number of nitrogens with one attached hydrogen (secondary N) is 1. The van der Waals surface area contributed by atoms with Crippen LogP contribution in [0.25, 0.3) is 0 Å². The Morgan fingerprint density at radius 1 is 1.30 bits per heavy atom. The van der Waals surface area contributed by atoms with Gasteiger partial charge in [-0.2, -0.15) is 13.2 Å². The Bertz CT molecular complexity index is 814. The molecule has 0 aliphatic carbocycles. The fraction of sp³-hybridized carbons (Fsp3) is 0.333. The summed E-state index contributed by atoms with van der Waals surface area (Å²) in [5.41, 5.74) is 0.0146. The molecule has 0 bridgehead atoms. The minimum absolute atomic E-state index is 0.267. The molecule has 1 aliphatic rings. The van der Waals surface area contributed by atoms with Crippen molar-refractivity contribution in [1.29, 1.82) is 0 Å². The number of nitrogens with zero attached hydrogens (tertiary/aromatic N) is 2. The molecule has 0 spiro atoms. The largest absolute Gasteiger partial charge is 0.417 e. The first-order valence-corrected chi connectivity index (χ1v) is 9.04. The highest BCUT2D eigenvalue weighted by Crippen LogP contribution is 2.31. The van der Waals surface area contributed by atoms with Crippen LogP contribution in [-0.4, -0.2) is 35.1 Å². The minimum Gasteiger partial charge on any atom is -0.378 e. The number of rotatable bonds is 4. The highest BCUT2D eigenvalue weighted by Gasteiger charge is 2.33. The van der Waals surface area contributed by atoms with Crippen LogP contribution in [0.4, 0.5) is 18.9 Å². The van der Waals surface area contributed by atoms with Gasteiger partial charge in [-0.3, -0.25) is 9.78 Å². The van der Waals surface area contributed by atoms with Crippen LogP contribution in [0.3, 0.4) is 0 Å². The van der Waals surface area contributed by atoms with Gasteiger partial charge >= 0.3 is 6.18 Å². The van der Waals surface area contributed by atoms with Crippen molar-refractivity contribution in [2.75, 3.05) is 18.0 Å². The highest BCUT2D eigenvalue weighted by molar-refractivity contribution is 9.10. The zero-order valence-electron chi connectivity index (χ0n) is 14.1. The number of aliphatic hydroxyl groups is 1. The van der Waals surface area contributed by atoms with Gasteiger partial charge in [0.15, 0.2) is 6.10 Å². The molecule has 2 atom stereocenters. The van der Waals surface area contributed by atoms with Gasteiger partial charge < -0.3 is 15.3 Å². The molecule has 0 radical (unpaired) electrons. The van der Waals surface area contributed by atoms with E-state index in [1.54, 1.807) is 29.2 Å². The summed E-state index contributed by atoms with van der Waals surface area (Å²) in [5, 5.41) is 12.9. The van der Waals surface area contributed by atoms with Gasteiger partial charge in [-0.25, -0.2) is 0 Å². The van der Waals surface area contributed by atoms with Crippen molar-refractivity contribution in [3.63, 3.8) is 0 Å². The second kappa shape index (κ2) is 7.85. The third kappa shape index (κ3) is 4.78. The first-order chi connectivity index (χ1) is 12.7. The molecule has 3 rings (SSSR count). The van der Waals surface area contributed by atoms with Crippen molar-refractivity contribution >= 4 is 27.5 Å². The van der Waals surface area contributed by atoms with E-state index in [0.717, 1.165) is 16.7 Å². The molecule has 1 aromatic heterocycles. The number of halogens is 4. The maximum Gasteiger partial charge on any atom is 0.417 e. The number of benzene rings is 1. The smallest absolute Gasteiger partial charge is 0.378 e. The van der Waals surface area contributed by atoms with Crippen LogP contribution in [0.1, 0.15) is 23.7 Å². The Morgan fingerprint density at radius 2 is 2.00 bits per heavy atom. The van der Waals surface area contributed by atoms with Crippen LogP contribution in [0, 0.1) is 0 Å². The first kappa shape index (κ1) is 19.6. The maximum absolute atomic E-state index is 12.8. The van der Waals surface area contributed by atoms with Crippen molar-refractivity contribution in [2.45, 2.75) is 24.7 Å². The second-order valence-corrected chi connectivity index (χ2v) is 7.24. The van der Waals surface area contributed by atoms with E-state index in [4.69, 9.17) is 0 Å². The second-order valence-electron chi connectivity index (χ2n) is 6.32. The number of carbonyl (C=O) groups excluding carboxylic acids is 1. The van der Waals surface area contributed by atoms with Crippen molar-refractivity contribution in [3.8, 4) is 0 Å². The van der Waals surface area contributed by atoms with Gasteiger partial charge in [-0.15, -0.1) is 0 Å². The molecule has 2 aromatic rings. The lowest BCUT2D eigenvalue weighted by atomic mass is 10.1. The predicted octanol–water partition coefficient (Wildman–Crippen LogP) is 3.29. The molecule has 9 heteroatoms. The van der Waals surface area contributed by atoms with E-state index in [1.165, 1.54) is 6.20 Å². The molecule has 1 fully saturated rings. The average molecular weight is 444 g/mol. The SMILES string of the molecule is O=C(NC1CCN(c2cncc(C(F)(F)F)c2)C1)C(O)c1ccc(Br)cc1. The molecule has 5 nitrogen and oxygen atoms in total. The van der Waals surface area contributed by atoms with Gasteiger partial charge in [0.1, 0.15) is 0 Å². The standard InChI is InChI=1S/C18H17BrF3N3O2/c19-13-3-1-11(2-4-13)16(26)17(27)24-14-5-6-25(10-14)15-7-12(8-23-9-15)18(20,21)22/h1-4,7-9,14,16,26H,5-6,10H2,(H,24,27). The maximum atomic E-state index is 12.8. The van der Waals surface area contributed by atoms with Crippen molar-refractivity contribution in [2.24, 2.45) is 0 Å². The molecule has 1 amide bonds. The fourth-order valence-electron chi connectivity index (χ4n) is 2.94. The van der Waals surface area contributed by atoms with Crippen molar-refractivity contribution in [3.05, 3.63) is 58.3 Å². The lowest BCUT2D eigenvalue weighted by Gasteiger charge is -2.20. The Hall–Kier alpha value is -2.13. The van der Waals surface area contributed by atoms with E-state index in [2.05, 4.69) is 26.2 Å². The minimum atomic E-state index is -4.45. The molecule has 2 unspecified atom stereocenters. The molecule has 0 saturated carbocycles. The molecule has 1 aromatic carbocycles. The topological polar surface area (TPSA) is 65.5 Å². The quantitative estimate of drug-likeness (QED) is 0.760. The number of amides is 1. The molecule has 27 heavy (non-hydrogen) atoms. The number of pyridine rings is 1. The highest BCUT2D eigenvalue weighted by atomic mass is 79.9. The predicted molar refractivity (Wildman–Crippen MR) is 97.1 cm³/mol. The van der Waals surface area contributed by atoms with Crippen molar-refractivity contribution < 1.29 is 23.1 Å². The summed E-state index contributed by atoms with van der Waals surface area (Å²) in [6.07, 6.45) is -3.04. The molecule has 2 N–H and O–H groups in total. The molecule has 144 valence electrons. The lowest BCUT2D eigenvalue weighted by Crippen LogP contribution is -2.39. The summed E-state index contributed by atoms with van der Waals surface area (Å²) >= 11 is 3.29. The van der Waals surface area contributed by atoms with E-state index in [0.29, 0.717) is 30.8 Å². The van der Waals surface area contributed by atoms with Gasteiger partial charge in [0.2, 0.25) is 0 Å². The van der Waals surface area contributed by atoms with E-state index in [-0.39, 0.29) is 6.04 Å². The van der Waals surface area contributed by atoms with Gasteiger partial charge in [0, 0.05) is 29.8 Å². The summed E-state index contributed by atoms with van der Waals surface area (Å²) in [4.78, 5) is 17.7. The number of anilines is 1. The van der Waals surface area contributed by atoms with E-state index < -0.39 is 23.8 Å². The summed E-state index contributed by atoms with van der Waals surface area (Å²) in [6, 6.07) is 7.52. The summed E-state index contributed by atoms with van der Waals surface area (Å²) in [5.74, 6) is -0.536. The van der Waals surface area contributed by atoms with Crippen LogP contribution in [0.5, 0.6) is 0 Å². The summed E-state index contributed by atoms with van der Waals surface area (Å²) < 4.78 is 39.3. The molecular formula is C18H17BrF3N3O2. The third-order valence-electron chi connectivity index (χ3n) is 4.39. The number of hydrogen-bond donors (Lipinski definition) is 2.